The molecule has 0 unspecified atom stereocenters. The monoisotopic (exact) mass is 308 g/mol. The number of halogens is 4. The summed E-state index contributed by atoms with van der Waals surface area (Å²) in [6.07, 6.45) is -4.58. The zero-order valence-electron chi connectivity index (χ0n) is 11.3. The molecule has 20 heavy (non-hydrogen) atoms. The molecule has 112 valence electrons. The molecule has 7 heteroatoms. The van der Waals surface area contributed by atoms with Crippen molar-refractivity contribution >= 4 is 23.2 Å². The summed E-state index contributed by atoms with van der Waals surface area (Å²) in [6, 6.07) is 2.33. The number of nitrogens with one attached hydrogen (secondary N) is 1. The van der Waals surface area contributed by atoms with E-state index in [2.05, 4.69) is 5.32 Å². The van der Waals surface area contributed by atoms with Crippen molar-refractivity contribution in [2.75, 3.05) is 5.32 Å². The zero-order valence-corrected chi connectivity index (χ0v) is 12.1. The molecule has 0 bridgehead atoms. The van der Waals surface area contributed by atoms with E-state index < -0.39 is 34.1 Å². The van der Waals surface area contributed by atoms with E-state index in [9.17, 15) is 18.0 Å². The number of amides is 1. The topological polar surface area (TPSA) is 55.1 Å². The fraction of sp³-hybridized carbons (Fsp3) is 0.462. The lowest BCUT2D eigenvalue weighted by molar-refractivity contribution is -0.137. The molecular weight excluding hydrogens is 293 g/mol. The molecule has 0 aliphatic rings. The van der Waals surface area contributed by atoms with Crippen LogP contribution in [0.1, 0.15) is 26.3 Å². The standard InChI is InChI=1S/C13H16ClF3N2O/c1-12(2,3)10(18)11(20)19-7-4-5-9(14)8(6-7)13(15,16)17/h4-6,10H,18H2,1-3H3,(H,19,20)/t10-/m1/s1. The minimum absolute atomic E-state index is 0.00595. The minimum Gasteiger partial charge on any atom is -0.325 e. The number of carbonyl (C=O) groups is 1. The van der Waals surface area contributed by atoms with E-state index in [0.29, 0.717) is 0 Å². The van der Waals surface area contributed by atoms with Gasteiger partial charge in [0.25, 0.3) is 0 Å². The second kappa shape index (κ2) is 5.61. The first-order chi connectivity index (χ1) is 8.93. The average molecular weight is 309 g/mol. The normalized spacial score (nSPS) is 14.0. The molecule has 0 fully saturated rings. The van der Waals surface area contributed by atoms with E-state index in [1.54, 1.807) is 20.8 Å². The van der Waals surface area contributed by atoms with Crippen LogP contribution in [0.25, 0.3) is 0 Å². The number of alkyl halides is 3. The van der Waals surface area contributed by atoms with E-state index in [0.717, 1.165) is 12.1 Å². The smallest absolute Gasteiger partial charge is 0.325 e. The van der Waals surface area contributed by atoms with Crippen LogP contribution in [0.5, 0.6) is 0 Å². The molecule has 1 amide bonds. The van der Waals surface area contributed by atoms with E-state index in [-0.39, 0.29) is 5.69 Å². The third-order valence-corrected chi connectivity index (χ3v) is 3.08. The highest BCUT2D eigenvalue weighted by molar-refractivity contribution is 6.31. The minimum atomic E-state index is -4.58. The first kappa shape index (κ1) is 16.8. The largest absolute Gasteiger partial charge is 0.417 e. The maximum absolute atomic E-state index is 12.7. The zero-order chi connectivity index (χ0) is 15.7. The van der Waals surface area contributed by atoms with Gasteiger partial charge < -0.3 is 11.1 Å². The van der Waals surface area contributed by atoms with Gasteiger partial charge in [-0.05, 0) is 23.6 Å². The summed E-state index contributed by atoms with van der Waals surface area (Å²) in [5, 5.41) is 1.94. The third kappa shape index (κ3) is 4.11. The van der Waals surface area contributed by atoms with Crippen LogP contribution in [0.4, 0.5) is 18.9 Å². The summed E-state index contributed by atoms with van der Waals surface area (Å²) in [7, 11) is 0. The van der Waals surface area contributed by atoms with E-state index in [4.69, 9.17) is 17.3 Å². The van der Waals surface area contributed by atoms with Crippen molar-refractivity contribution < 1.29 is 18.0 Å². The van der Waals surface area contributed by atoms with Gasteiger partial charge >= 0.3 is 6.18 Å². The Kier molecular flexibility index (Phi) is 4.71. The third-order valence-electron chi connectivity index (χ3n) is 2.75. The molecule has 1 atom stereocenters. The summed E-state index contributed by atoms with van der Waals surface area (Å²) in [5.41, 5.74) is 4.25. The average Bonchev–Trinajstić information content (AvgIpc) is 2.27. The molecule has 0 saturated heterocycles. The second-order valence-electron chi connectivity index (χ2n) is 5.53. The van der Waals surface area contributed by atoms with Crippen molar-refractivity contribution in [1.82, 2.24) is 0 Å². The maximum atomic E-state index is 12.7. The van der Waals surface area contributed by atoms with Crippen LogP contribution >= 0.6 is 11.6 Å². The van der Waals surface area contributed by atoms with Crippen LogP contribution < -0.4 is 11.1 Å². The number of benzene rings is 1. The predicted octanol–water partition coefficient (Wildman–Crippen LogP) is 3.67. The van der Waals surface area contributed by atoms with Crippen molar-refractivity contribution in [2.24, 2.45) is 11.1 Å². The van der Waals surface area contributed by atoms with Crippen molar-refractivity contribution in [2.45, 2.75) is 33.0 Å². The highest BCUT2D eigenvalue weighted by atomic mass is 35.5. The van der Waals surface area contributed by atoms with Crippen LogP contribution in [0.2, 0.25) is 5.02 Å². The Balaban J connectivity index is 2.98. The Morgan fingerprint density at radius 1 is 1.30 bits per heavy atom. The summed E-state index contributed by atoms with van der Waals surface area (Å²) < 4.78 is 38.1. The van der Waals surface area contributed by atoms with Crippen LogP contribution in [-0.2, 0) is 11.0 Å². The quantitative estimate of drug-likeness (QED) is 0.876. The number of nitrogens with two attached hydrogens (primary N) is 1. The summed E-state index contributed by atoms with van der Waals surface area (Å²) in [4.78, 5) is 11.9. The Labute approximate surface area is 120 Å². The number of hydrogen-bond acceptors (Lipinski definition) is 2. The van der Waals surface area contributed by atoms with Crippen LogP contribution in [0.3, 0.4) is 0 Å². The lowest BCUT2D eigenvalue weighted by atomic mass is 9.87. The van der Waals surface area contributed by atoms with Crippen LogP contribution in [-0.4, -0.2) is 11.9 Å². The number of carbonyl (C=O) groups excluding carboxylic acids is 1. The van der Waals surface area contributed by atoms with E-state index in [1.807, 2.05) is 0 Å². The Morgan fingerprint density at radius 2 is 1.85 bits per heavy atom. The van der Waals surface area contributed by atoms with Gasteiger partial charge in [-0.25, -0.2) is 0 Å². The van der Waals surface area contributed by atoms with Crippen molar-refractivity contribution in [3.8, 4) is 0 Å². The molecule has 0 aliphatic carbocycles. The summed E-state index contributed by atoms with van der Waals surface area (Å²) >= 11 is 5.50. The lowest BCUT2D eigenvalue weighted by Crippen LogP contribution is -2.45. The van der Waals surface area contributed by atoms with Gasteiger partial charge in [-0.15, -0.1) is 0 Å². The molecule has 0 aromatic heterocycles. The van der Waals surface area contributed by atoms with Gasteiger partial charge in [-0.1, -0.05) is 32.4 Å². The molecule has 0 spiro atoms. The van der Waals surface area contributed by atoms with E-state index >= 15 is 0 Å². The Morgan fingerprint density at radius 3 is 2.30 bits per heavy atom. The van der Waals surface area contributed by atoms with Gasteiger partial charge in [0.1, 0.15) is 0 Å². The van der Waals surface area contributed by atoms with Gasteiger partial charge in [0, 0.05) is 5.69 Å². The van der Waals surface area contributed by atoms with Crippen LogP contribution in [0, 0.1) is 5.41 Å². The number of anilines is 1. The van der Waals surface area contributed by atoms with E-state index in [1.165, 1.54) is 6.07 Å². The fourth-order valence-electron chi connectivity index (χ4n) is 1.43. The first-order valence-electron chi connectivity index (χ1n) is 5.86. The van der Waals surface area contributed by atoms with Crippen molar-refractivity contribution in [3.05, 3.63) is 28.8 Å². The molecule has 3 nitrogen and oxygen atoms in total. The first-order valence-corrected chi connectivity index (χ1v) is 6.24. The molecule has 0 heterocycles. The number of hydrogen-bond donors (Lipinski definition) is 2. The van der Waals surface area contributed by atoms with Gasteiger partial charge in [0.05, 0.1) is 16.6 Å². The number of rotatable bonds is 2. The molecule has 1 aromatic rings. The molecule has 1 aromatic carbocycles. The lowest BCUT2D eigenvalue weighted by Gasteiger charge is -2.26. The predicted molar refractivity (Wildman–Crippen MR) is 72.5 cm³/mol. The van der Waals surface area contributed by atoms with Gasteiger partial charge in [-0.3, -0.25) is 4.79 Å². The van der Waals surface area contributed by atoms with Gasteiger partial charge in [-0.2, -0.15) is 13.2 Å². The highest BCUT2D eigenvalue weighted by Crippen LogP contribution is 2.36. The Bertz CT molecular complexity index is 509. The second-order valence-corrected chi connectivity index (χ2v) is 5.93. The van der Waals surface area contributed by atoms with Crippen molar-refractivity contribution in [1.29, 1.82) is 0 Å². The maximum Gasteiger partial charge on any atom is 0.417 e. The van der Waals surface area contributed by atoms with Crippen LogP contribution in [0.15, 0.2) is 18.2 Å². The summed E-state index contributed by atoms with van der Waals surface area (Å²) in [5.74, 6) is -0.548. The molecule has 0 radical (unpaired) electrons. The Hall–Kier alpha value is -1.27. The molecule has 0 saturated carbocycles. The molecule has 1 rings (SSSR count). The molecular formula is C13H16ClF3N2O. The van der Waals surface area contributed by atoms with Gasteiger partial charge in [0.2, 0.25) is 5.91 Å². The van der Waals surface area contributed by atoms with Gasteiger partial charge in [0.15, 0.2) is 0 Å². The molecule has 0 aliphatic heterocycles. The van der Waals surface area contributed by atoms with Crippen molar-refractivity contribution in [3.63, 3.8) is 0 Å². The SMILES string of the molecule is CC(C)(C)[C@H](N)C(=O)Nc1ccc(Cl)c(C(F)(F)F)c1. The fourth-order valence-corrected chi connectivity index (χ4v) is 1.66. The highest BCUT2D eigenvalue weighted by Gasteiger charge is 2.34. The molecule has 3 N–H and O–H groups in total. The summed E-state index contributed by atoms with van der Waals surface area (Å²) in [6.45, 7) is 5.29.